The van der Waals surface area contributed by atoms with E-state index < -0.39 is 0 Å². The number of hydrogen-bond donors (Lipinski definition) is 1. The molecule has 1 N–H and O–H groups in total. The molecule has 4 aromatic carbocycles. The summed E-state index contributed by atoms with van der Waals surface area (Å²) in [5.41, 5.74) is 6.40. The van der Waals surface area contributed by atoms with Crippen LogP contribution in [0, 0.1) is 6.92 Å². The van der Waals surface area contributed by atoms with Gasteiger partial charge in [0.05, 0.1) is 12.3 Å². The first kappa shape index (κ1) is 23.1. The second kappa shape index (κ2) is 10.3. The lowest BCUT2D eigenvalue weighted by atomic mass is 10.0. The molecule has 0 saturated carbocycles. The first-order valence-electron chi connectivity index (χ1n) is 11.8. The van der Waals surface area contributed by atoms with E-state index in [-0.39, 0.29) is 5.91 Å². The van der Waals surface area contributed by atoms with Crippen LogP contribution in [0.1, 0.15) is 22.8 Å². The van der Waals surface area contributed by atoms with Gasteiger partial charge in [-0.2, -0.15) is 4.98 Å². The summed E-state index contributed by atoms with van der Waals surface area (Å²) < 4.78 is 7.31. The fraction of sp³-hybridized carbons (Fsp3) is 0.100. The van der Waals surface area contributed by atoms with Crippen molar-refractivity contribution in [3.63, 3.8) is 0 Å². The summed E-state index contributed by atoms with van der Waals surface area (Å²) in [6, 6.07) is 33.6. The van der Waals surface area contributed by atoms with E-state index in [1.54, 1.807) is 4.68 Å². The van der Waals surface area contributed by atoms with Crippen LogP contribution in [-0.2, 0) is 0 Å². The number of benzene rings is 4. The Hall–Kier alpha value is -4.71. The summed E-state index contributed by atoms with van der Waals surface area (Å²) in [4.78, 5) is 17.4. The summed E-state index contributed by atoms with van der Waals surface area (Å²) >= 11 is 0. The number of aryl methyl sites for hydroxylation is 1. The molecule has 36 heavy (non-hydrogen) atoms. The maximum absolute atomic E-state index is 12.8. The average molecular weight is 475 g/mol. The van der Waals surface area contributed by atoms with E-state index in [2.05, 4.69) is 15.4 Å². The standard InChI is InChI=1S/C30H26N4O2/c1-3-36-30-32-28(24-11-9-21(2)10-12-24)34(33-30)27-19-17-26(18-20-27)31-29(35)25-15-13-23(14-16-25)22-7-5-4-6-8-22/h4-20H,3H2,1-2H3,(H,31,35). The van der Waals surface area contributed by atoms with Gasteiger partial charge in [0.15, 0.2) is 5.82 Å². The molecule has 0 radical (unpaired) electrons. The monoisotopic (exact) mass is 474 g/mol. The van der Waals surface area contributed by atoms with Gasteiger partial charge in [-0.3, -0.25) is 4.79 Å². The molecule has 1 heterocycles. The van der Waals surface area contributed by atoms with Crippen molar-refractivity contribution in [1.29, 1.82) is 0 Å². The van der Waals surface area contributed by atoms with Gasteiger partial charge < -0.3 is 10.1 Å². The number of carbonyl (C=O) groups excluding carboxylic acids is 1. The molecule has 178 valence electrons. The van der Waals surface area contributed by atoms with Crippen LogP contribution in [0.4, 0.5) is 5.69 Å². The number of ether oxygens (including phenoxy) is 1. The van der Waals surface area contributed by atoms with Gasteiger partial charge in [0, 0.05) is 16.8 Å². The minimum Gasteiger partial charge on any atom is -0.463 e. The van der Waals surface area contributed by atoms with Crippen molar-refractivity contribution < 1.29 is 9.53 Å². The third-order valence-corrected chi connectivity index (χ3v) is 5.79. The fourth-order valence-electron chi connectivity index (χ4n) is 3.89. The summed E-state index contributed by atoms with van der Waals surface area (Å²) in [5, 5.41) is 7.50. The van der Waals surface area contributed by atoms with E-state index in [9.17, 15) is 4.79 Å². The van der Waals surface area contributed by atoms with Crippen molar-refractivity contribution in [2.75, 3.05) is 11.9 Å². The Morgan fingerprint density at radius 2 is 1.44 bits per heavy atom. The first-order valence-corrected chi connectivity index (χ1v) is 11.8. The Bertz CT molecular complexity index is 1460. The van der Waals surface area contributed by atoms with Crippen LogP contribution < -0.4 is 10.1 Å². The zero-order chi connectivity index (χ0) is 24.9. The largest absolute Gasteiger partial charge is 0.463 e. The molecule has 0 atom stereocenters. The highest BCUT2D eigenvalue weighted by Gasteiger charge is 2.15. The van der Waals surface area contributed by atoms with Crippen LogP contribution in [-0.4, -0.2) is 27.3 Å². The lowest BCUT2D eigenvalue weighted by molar-refractivity contribution is 0.102. The van der Waals surface area contributed by atoms with Crippen molar-refractivity contribution in [1.82, 2.24) is 14.8 Å². The molecular weight excluding hydrogens is 448 g/mol. The predicted molar refractivity (Wildman–Crippen MR) is 143 cm³/mol. The number of rotatable bonds is 7. The number of amides is 1. The summed E-state index contributed by atoms with van der Waals surface area (Å²) in [6.45, 7) is 4.43. The SMILES string of the molecule is CCOc1nc(-c2ccc(C)cc2)n(-c2ccc(NC(=O)c3ccc(-c4ccccc4)cc3)cc2)n1. The Morgan fingerprint density at radius 1 is 0.806 bits per heavy atom. The lowest BCUT2D eigenvalue weighted by Gasteiger charge is -2.09. The molecule has 0 bridgehead atoms. The van der Waals surface area contributed by atoms with E-state index in [0.717, 1.165) is 22.4 Å². The molecule has 0 aliphatic heterocycles. The molecule has 0 spiro atoms. The fourth-order valence-corrected chi connectivity index (χ4v) is 3.89. The van der Waals surface area contributed by atoms with Crippen LogP contribution in [0.2, 0.25) is 0 Å². The quantitative estimate of drug-likeness (QED) is 0.290. The smallest absolute Gasteiger partial charge is 0.336 e. The van der Waals surface area contributed by atoms with Crippen LogP contribution in [0.5, 0.6) is 6.01 Å². The number of aromatic nitrogens is 3. The van der Waals surface area contributed by atoms with Crippen LogP contribution >= 0.6 is 0 Å². The summed E-state index contributed by atoms with van der Waals surface area (Å²) in [7, 11) is 0. The number of carbonyl (C=O) groups is 1. The topological polar surface area (TPSA) is 69.0 Å². The van der Waals surface area contributed by atoms with Crippen molar-refractivity contribution >= 4 is 11.6 Å². The predicted octanol–water partition coefficient (Wildman–Crippen LogP) is 6.56. The van der Waals surface area contributed by atoms with Gasteiger partial charge in [-0.05, 0) is 61.4 Å². The molecular formula is C30H26N4O2. The number of nitrogens with zero attached hydrogens (tertiary/aromatic N) is 3. The minimum absolute atomic E-state index is 0.165. The van der Waals surface area contributed by atoms with Gasteiger partial charge >= 0.3 is 6.01 Å². The Morgan fingerprint density at radius 3 is 2.11 bits per heavy atom. The van der Waals surface area contributed by atoms with Gasteiger partial charge in [0.1, 0.15) is 0 Å². The van der Waals surface area contributed by atoms with Crippen molar-refractivity contribution in [2.45, 2.75) is 13.8 Å². The van der Waals surface area contributed by atoms with E-state index in [1.807, 2.05) is 117 Å². The normalized spacial score (nSPS) is 10.7. The minimum atomic E-state index is -0.165. The van der Waals surface area contributed by atoms with E-state index in [1.165, 1.54) is 5.56 Å². The molecule has 0 fully saturated rings. The molecule has 6 nitrogen and oxygen atoms in total. The van der Waals surface area contributed by atoms with E-state index >= 15 is 0 Å². The Labute approximate surface area is 210 Å². The lowest BCUT2D eigenvalue weighted by Crippen LogP contribution is -2.11. The molecule has 1 aromatic heterocycles. The molecule has 0 unspecified atom stereocenters. The summed E-state index contributed by atoms with van der Waals surface area (Å²) in [6.07, 6.45) is 0. The zero-order valence-electron chi connectivity index (χ0n) is 20.2. The molecule has 5 rings (SSSR count). The van der Waals surface area contributed by atoms with Gasteiger partial charge in [0.25, 0.3) is 5.91 Å². The van der Waals surface area contributed by atoms with Gasteiger partial charge in [0.2, 0.25) is 0 Å². The first-order chi connectivity index (χ1) is 17.6. The van der Waals surface area contributed by atoms with E-state index in [0.29, 0.717) is 29.7 Å². The number of nitrogens with one attached hydrogen (secondary N) is 1. The second-order valence-electron chi connectivity index (χ2n) is 8.37. The third-order valence-electron chi connectivity index (χ3n) is 5.79. The molecule has 0 aliphatic carbocycles. The second-order valence-corrected chi connectivity index (χ2v) is 8.37. The maximum Gasteiger partial charge on any atom is 0.336 e. The van der Waals surface area contributed by atoms with Crippen molar-refractivity contribution in [3.05, 3.63) is 114 Å². The van der Waals surface area contributed by atoms with Crippen LogP contribution in [0.25, 0.3) is 28.2 Å². The molecule has 0 saturated heterocycles. The van der Waals surface area contributed by atoms with Gasteiger partial charge in [-0.15, -0.1) is 5.10 Å². The van der Waals surface area contributed by atoms with Crippen molar-refractivity contribution in [3.8, 4) is 34.2 Å². The van der Waals surface area contributed by atoms with E-state index in [4.69, 9.17) is 4.74 Å². The molecule has 0 aliphatic rings. The summed E-state index contributed by atoms with van der Waals surface area (Å²) in [5.74, 6) is 0.524. The number of hydrogen-bond acceptors (Lipinski definition) is 4. The molecule has 6 heteroatoms. The highest BCUT2D eigenvalue weighted by Crippen LogP contribution is 2.25. The Balaban J connectivity index is 1.34. The van der Waals surface area contributed by atoms with Gasteiger partial charge in [-0.1, -0.05) is 72.3 Å². The van der Waals surface area contributed by atoms with Crippen molar-refractivity contribution in [2.24, 2.45) is 0 Å². The molecule has 1 amide bonds. The third kappa shape index (κ3) is 5.03. The van der Waals surface area contributed by atoms with Crippen LogP contribution in [0.15, 0.2) is 103 Å². The maximum atomic E-state index is 12.8. The Kier molecular flexibility index (Phi) is 6.58. The average Bonchev–Trinajstić information content (AvgIpc) is 3.34. The highest BCUT2D eigenvalue weighted by atomic mass is 16.5. The highest BCUT2D eigenvalue weighted by molar-refractivity contribution is 6.04. The molecule has 5 aromatic rings. The zero-order valence-corrected chi connectivity index (χ0v) is 20.2. The number of anilines is 1. The van der Waals surface area contributed by atoms with Crippen LogP contribution in [0.3, 0.4) is 0 Å². The van der Waals surface area contributed by atoms with Gasteiger partial charge in [-0.25, -0.2) is 4.68 Å².